The summed E-state index contributed by atoms with van der Waals surface area (Å²) in [4.78, 5) is 13.8. The molecule has 2 rings (SSSR count). The van der Waals surface area contributed by atoms with Crippen molar-refractivity contribution in [3.8, 4) is 0 Å². The molecule has 0 aliphatic carbocycles. The number of furan rings is 1. The molecule has 0 bridgehead atoms. The molecule has 1 aliphatic rings. The van der Waals surface area contributed by atoms with Crippen molar-refractivity contribution >= 4 is 5.91 Å². The van der Waals surface area contributed by atoms with E-state index in [0.29, 0.717) is 12.1 Å². The average molecular weight is 223 g/mol. The fourth-order valence-electron chi connectivity index (χ4n) is 2.10. The SMILES string of the molecule is Cc1cc(C(=O)N2CCC(C(C)O)C2)co1. The number of nitrogens with zero attached hydrogens (tertiary/aromatic N) is 1. The zero-order valence-corrected chi connectivity index (χ0v) is 9.64. The first-order chi connectivity index (χ1) is 7.58. The van der Waals surface area contributed by atoms with E-state index < -0.39 is 0 Å². The predicted octanol–water partition coefficient (Wildman–Crippen LogP) is 1.43. The lowest BCUT2D eigenvalue weighted by molar-refractivity contribution is 0.0762. The molecule has 1 N–H and O–H groups in total. The first-order valence-corrected chi connectivity index (χ1v) is 5.60. The van der Waals surface area contributed by atoms with Gasteiger partial charge >= 0.3 is 0 Å². The molecule has 2 heterocycles. The minimum Gasteiger partial charge on any atom is -0.469 e. The normalized spacial score (nSPS) is 22.4. The van der Waals surface area contributed by atoms with E-state index in [1.165, 1.54) is 6.26 Å². The lowest BCUT2D eigenvalue weighted by Gasteiger charge is -2.16. The lowest BCUT2D eigenvalue weighted by atomic mass is 10.0. The Morgan fingerprint density at radius 1 is 1.69 bits per heavy atom. The molecule has 1 saturated heterocycles. The van der Waals surface area contributed by atoms with Gasteiger partial charge < -0.3 is 14.4 Å². The molecule has 1 aromatic heterocycles. The van der Waals surface area contributed by atoms with Gasteiger partial charge in [-0.1, -0.05) is 0 Å². The Morgan fingerprint density at radius 3 is 2.94 bits per heavy atom. The van der Waals surface area contributed by atoms with Crippen molar-refractivity contribution in [3.63, 3.8) is 0 Å². The van der Waals surface area contributed by atoms with Crippen LogP contribution >= 0.6 is 0 Å². The zero-order chi connectivity index (χ0) is 11.7. The van der Waals surface area contributed by atoms with Gasteiger partial charge in [0.2, 0.25) is 0 Å². The van der Waals surface area contributed by atoms with Crippen LogP contribution in [0.3, 0.4) is 0 Å². The summed E-state index contributed by atoms with van der Waals surface area (Å²) in [6.45, 7) is 4.96. The third kappa shape index (κ3) is 2.11. The molecule has 88 valence electrons. The molecular weight excluding hydrogens is 206 g/mol. The number of likely N-dealkylation sites (tertiary alicyclic amines) is 1. The van der Waals surface area contributed by atoms with Crippen LogP contribution in [0.15, 0.2) is 16.7 Å². The number of hydrogen-bond donors (Lipinski definition) is 1. The topological polar surface area (TPSA) is 53.7 Å². The van der Waals surface area contributed by atoms with Crippen molar-refractivity contribution < 1.29 is 14.3 Å². The van der Waals surface area contributed by atoms with Gasteiger partial charge in [0.15, 0.2) is 0 Å². The van der Waals surface area contributed by atoms with E-state index in [1.807, 2.05) is 6.92 Å². The predicted molar refractivity (Wildman–Crippen MR) is 59.1 cm³/mol. The van der Waals surface area contributed by atoms with E-state index in [4.69, 9.17) is 4.42 Å². The minimum absolute atomic E-state index is 0.000000000000000444. The molecule has 1 amide bonds. The second-order valence-electron chi connectivity index (χ2n) is 4.49. The van der Waals surface area contributed by atoms with E-state index in [-0.39, 0.29) is 17.9 Å². The van der Waals surface area contributed by atoms with Gasteiger partial charge in [-0.2, -0.15) is 0 Å². The summed E-state index contributed by atoms with van der Waals surface area (Å²) < 4.78 is 5.12. The van der Waals surface area contributed by atoms with E-state index >= 15 is 0 Å². The Balaban J connectivity index is 2.02. The number of aliphatic hydroxyl groups excluding tert-OH is 1. The molecule has 0 saturated carbocycles. The van der Waals surface area contributed by atoms with Crippen molar-refractivity contribution in [3.05, 3.63) is 23.7 Å². The van der Waals surface area contributed by atoms with Gasteiger partial charge in [-0.3, -0.25) is 4.79 Å². The summed E-state index contributed by atoms with van der Waals surface area (Å²) in [5.74, 6) is 0.951. The summed E-state index contributed by atoms with van der Waals surface area (Å²) in [5, 5.41) is 9.47. The quantitative estimate of drug-likeness (QED) is 0.825. The minimum atomic E-state index is -0.344. The van der Waals surface area contributed by atoms with Crippen molar-refractivity contribution in [2.45, 2.75) is 26.4 Å². The number of rotatable bonds is 2. The van der Waals surface area contributed by atoms with E-state index in [0.717, 1.165) is 18.7 Å². The Morgan fingerprint density at radius 2 is 2.44 bits per heavy atom. The molecule has 1 fully saturated rings. The molecule has 0 radical (unpaired) electrons. The van der Waals surface area contributed by atoms with E-state index in [2.05, 4.69) is 0 Å². The molecule has 0 aromatic carbocycles. The molecule has 16 heavy (non-hydrogen) atoms. The van der Waals surface area contributed by atoms with Gasteiger partial charge in [0.05, 0.1) is 11.7 Å². The molecule has 4 nitrogen and oxygen atoms in total. The lowest BCUT2D eigenvalue weighted by Crippen LogP contribution is -2.30. The zero-order valence-electron chi connectivity index (χ0n) is 9.64. The largest absolute Gasteiger partial charge is 0.469 e. The Hall–Kier alpha value is -1.29. The maximum atomic E-state index is 12.0. The average Bonchev–Trinajstić information content (AvgIpc) is 2.84. The molecule has 2 atom stereocenters. The van der Waals surface area contributed by atoms with Gasteiger partial charge in [-0.05, 0) is 26.3 Å². The van der Waals surface area contributed by atoms with Crippen LogP contribution < -0.4 is 0 Å². The summed E-state index contributed by atoms with van der Waals surface area (Å²) in [6.07, 6.45) is 2.03. The fourth-order valence-corrected chi connectivity index (χ4v) is 2.10. The second-order valence-corrected chi connectivity index (χ2v) is 4.49. The number of amides is 1. The molecule has 1 aromatic rings. The third-order valence-corrected chi connectivity index (χ3v) is 3.17. The van der Waals surface area contributed by atoms with Crippen LogP contribution in [0.1, 0.15) is 29.5 Å². The Labute approximate surface area is 94.9 Å². The number of aliphatic hydroxyl groups is 1. The number of hydrogen-bond acceptors (Lipinski definition) is 3. The van der Waals surface area contributed by atoms with Crippen molar-refractivity contribution in [1.29, 1.82) is 0 Å². The number of carbonyl (C=O) groups is 1. The van der Waals surface area contributed by atoms with Crippen LogP contribution in [0.2, 0.25) is 0 Å². The highest BCUT2D eigenvalue weighted by Crippen LogP contribution is 2.22. The second kappa shape index (κ2) is 4.29. The standard InChI is InChI=1S/C12H17NO3/c1-8-5-11(7-16-8)12(15)13-4-3-10(6-13)9(2)14/h5,7,9-10,14H,3-4,6H2,1-2H3. The highest BCUT2D eigenvalue weighted by Gasteiger charge is 2.29. The van der Waals surface area contributed by atoms with Crippen LogP contribution in [0.5, 0.6) is 0 Å². The maximum Gasteiger partial charge on any atom is 0.257 e. The monoisotopic (exact) mass is 223 g/mol. The van der Waals surface area contributed by atoms with Gasteiger partial charge in [-0.25, -0.2) is 0 Å². The van der Waals surface area contributed by atoms with Crippen molar-refractivity contribution in [2.24, 2.45) is 5.92 Å². The smallest absolute Gasteiger partial charge is 0.257 e. The summed E-state index contributed by atoms with van der Waals surface area (Å²) in [6, 6.07) is 1.75. The highest BCUT2D eigenvalue weighted by atomic mass is 16.3. The maximum absolute atomic E-state index is 12.0. The summed E-state index contributed by atoms with van der Waals surface area (Å²) in [7, 11) is 0. The van der Waals surface area contributed by atoms with Crippen molar-refractivity contribution in [2.75, 3.05) is 13.1 Å². The Kier molecular flexibility index (Phi) is 3.01. The Bertz CT molecular complexity index is 383. The van der Waals surface area contributed by atoms with Crippen molar-refractivity contribution in [1.82, 2.24) is 4.90 Å². The highest BCUT2D eigenvalue weighted by molar-refractivity contribution is 5.94. The number of carbonyl (C=O) groups excluding carboxylic acids is 1. The molecule has 2 unspecified atom stereocenters. The number of aryl methyl sites for hydroxylation is 1. The summed E-state index contributed by atoms with van der Waals surface area (Å²) >= 11 is 0. The van der Waals surface area contributed by atoms with E-state index in [9.17, 15) is 9.90 Å². The molecule has 0 spiro atoms. The van der Waals surface area contributed by atoms with Crippen LogP contribution in [0.25, 0.3) is 0 Å². The molecule has 4 heteroatoms. The van der Waals surface area contributed by atoms with Crippen LogP contribution in [0.4, 0.5) is 0 Å². The van der Waals surface area contributed by atoms with Gasteiger partial charge in [0.25, 0.3) is 5.91 Å². The fraction of sp³-hybridized carbons (Fsp3) is 0.583. The molecule has 1 aliphatic heterocycles. The first-order valence-electron chi connectivity index (χ1n) is 5.60. The third-order valence-electron chi connectivity index (χ3n) is 3.17. The van der Waals surface area contributed by atoms with Gasteiger partial charge in [0, 0.05) is 19.0 Å². The summed E-state index contributed by atoms with van der Waals surface area (Å²) in [5.41, 5.74) is 0.601. The van der Waals surface area contributed by atoms with E-state index in [1.54, 1.807) is 17.9 Å². The van der Waals surface area contributed by atoms with Crippen LogP contribution in [-0.2, 0) is 0 Å². The van der Waals surface area contributed by atoms with Gasteiger partial charge in [0.1, 0.15) is 12.0 Å². The van der Waals surface area contributed by atoms with Crippen LogP contribution in [0, 0.1) is 12.8 Å². The first kappa shape index (κ1) is 11.2. The molecular formula is C12H17NO3. The van der Waals surface area contributed by atoms with Gasteiger partial charge in [-0.15, -0.1) is 0 Å². The van der Waals surface area contributed by atoms with Crippen LogP contribution in [-0.4, -0.2) is 35.1 Å².